The molecule has 1 N–H and O–H groups in total. The van der Waals surface area contributed by atoms with Crippen LogP contribution in [0.4, 0.5) is 0 Å². The highest BCUT2D eigenvalue weighted by Gasteiger charge is 2.07. The van der Waals surface area contributed by atoms with Gasteiger partial charge >= 0.3 is 0 Å². The highest BCUT2D eigenvalue weighted by molar-refractivity contribution is 7.09. The summed E-state index contributed by atoms with van der Waals surface area (Å²) in [6.07, 6.45) is 2.67. The third-order valence-electron chi connectivity index (χ3n) is 2.71. The van der Waals surface area contributed by atoms with Crippen LogP contribution in [0.5, 0.6) is 0 Å². The number of thiophene rings is 1. The number of hydrogen-bond acceptors (Lipinski definition) is 2. The normalized spacial score (nSPS) is 10.7. The Balaban J connectivity index is 1.88. The summed E-state index contributed by atoms with van der Waals surface area (Å²) < 4.78 is 0. The zero-order valence-corrected chi connectivity index (χ0v) is 11.1. The van der Waals surface area contributed by atoms with Crippen LogP contribution < -0.4 is 0 Å². The maximum absolute atomic E-state index is 6.17. The summed E-state index contributed by atoms with van der Waals surface area (Å²) in [4.78, 5) is 9.02. The van der Waals surface area contributed by atoms with E-state index in [1.807, 2.05) is 30.5 Å². The summed E-state index contributed by atoms with van der Waals surface area (Å²) >= 11 is 7.90. The van der Waals surface area contributed by atoms with Gasteiger partial charge in [0.25, 0.3) is 0 Å². The van der Waals surface area contributed by atoms with Crippen molar-refractivity contribution < 1.29 is 0 Å². The monoisotopic (exact) mass is 274 g/mol. The van der Waals surface area contributed by atoms with Gasteiger partial charge in [-0.15, -0.1) is 11.3 Å². The third kappa shape index (κ3) is 2.33. The van der Waals surface area contributed by atoms with E-state index in [0.29, 0.717) is 0 Å². The smallest absolute Gasteiger partial charge is 0.111 e. The highest BCUT2D eigenvalue weighted by atomic mass is 35.5. The lowest BCUT2D eigenvalue weighted by Crippen LogP contribution is -1.87. The average Bonchev–Trinajstić information content (AvgIpc) is 3.02. The predicted molar refractivity (Wildman–Crippen MR) is 76.2 cm³/mol. The predicted octanol–water partition coefficient (Wildman–Crippen LogP) is 4.38. The van der Waals surface area contributed by atoms with Gasteiger partial charge in [0.05, 0.1) is 11.9 Å². The Morgan fingerprint density at radius 3 is 2.83 bits per heavy atom. The maximum atomic E-state index is 6.17. The molecule has 4 heteroatoms. The molecule has 0 aliphatic carbocycles. The first-order valence-electron chi connectivity index (χ1n) is 5.64. The number of aromatic amines is 1. The zero-order valence-electron chi connectivity index (χ0n) is 9.56. The Kier molecular flexibility index (Phi) is 3.17. The van der Waals surface area contributed by atoms with E-state index in [9.17, 15) is 0 Å². The van der Waals surface area contributed by atoms with Gasteiger partial charge in [-0.2, -0.15) is 0 Å². The van der Waals surface area contributed by atoms with Crippen molar-refractivity contribution in [2.45, 2.75) is 6.42 Å². The minimum atomic E-state index is 0.740. The van der Waals surface area contributed by atoms with Crippen molar-refractivity contribution in [2.75, 3.05) is 0 Å². The van der Waals surface area contributed by atoms with Crippen LogP contribution in [0.25, 0.3) is 11.3 Å². The van der Waals surface area contributed by atoms with E-state index >= 15 is 0 Å². The molecule has 0 aliphatic heterocycles. The van der Waals surface area contributed by atoms with Crippen molar-refractivity contribution >= 4 is 22.9 Å². The van der Waals surface area contributed by atoms with Crippen molar-refractivity contribution in [3.63, 3.8) is 0 Å². The molecule has 0 bridgehead atoms. The highest BCUT2D eigenvalue weighted by Crippen LogP contribution is 2.26. The molecule has 3 rings (SSSR count). The van der Waals surface area contributed by atoms with E-state index in [4.69, 9.17) is 11.6 Å². The second-order valence-corrected chi connectivity index (χ2v) is 5.42. The number of aromatic nitrogens is 2. The fourth-order valence-electron chi connectivity index (χ4n) is 1.85. The van der Waals surface area contributed by atoms with E-state index in [1.54, 1.807) is 11.3 Å². The average molecular weight is 275 g/mol. The minimum Gasteiger partial charge on any atom is -0.342 e. The summed E-state index contributed by atoms with van der Waals surface area (Å²) in [6.45, 7) is 0. The lowest BCUT2D eigenvalue weighted by Gasteiger charge is -1.99. The fourth-order valence-corrected chi connectivity index (χ4v) is 2.79. The fraction of sp³-hybridized carbons (Fsp3) is 0.0714. The molecule has 0 radical (unpaired) electrons. The number of nitrogens with one attached hydrogen (secondary N) is 1. The lowest BCUT2D eigenvalue weighted by atomic mass is 10.2. The number of nitrogens with zero attached hydrogens (tertiary/aromatic N) is 1. The molecular weight excluding hydrogens is 264 g/mol. The summed E-state index contributed by atoms with van der Waals surface area (Å²) in [6, 6.07) is 11.9. The second kappa shape index (κ2) is 4.96. The van der Waals surface area contributed by atoms with Gasteiger partial charge in [0.2, 0.25) is 0 Å². The number of rotatable bonds is 3. The Bertz CT molecular complexity index is 643. The van der Waals surface area contributed by atoms with Gasteiger partial charge in [0, 0.05) is 21.9 Å². The van der Waals surface area contributed by atoms with Crippen LogP contribution in [-0.2, 0) is 6.42 Å². The van der Waals surface area contributed by atoms with Crippen LogP contribution in [-0.4, -0.2) is 9.97 Å². The molecule has 0 aliphatic rings. The van der Waals surface area contributed by atoms with Crippen LogP contribution in [0.15, 0.2) is 48.0 Å². The molecule has 0 unspecified atom stereocenters. The molecule has 0 amide bonds. The molecule has 18 heavy (non-hydrogen) atoms. The quantitative estimate of drug-likeness (QED) is 0.754. The molecule has 0 saturated heterocycles. The Labute approximate surface area is 114 Å². The largest absolute Gasteiger partial charge is 0.342 e. The standard InChI is InChI=1S/C14H11ClN2S/c15-12-6-2-1-5-11(12)13-9-16-14(17-13)8-10-4-3-7-18-10/h1-7,9H,8H2,(H,16,17). The first-order valence-corrected chi connectivity index (χ1v) is 6.90. The molecule has 0 spiro atoms. The number of hydrogen-bond donors (Lipinski definition) is 1. The van der Waals surface area contributed by atoms with Gasteiger partial charge in [0.1, 0.15) is 5.82 Å². The number of H-pyrrole nitrogens is 1. The van der Waals surface area contributed by atoms with Crippen molar-refractivity contribution in [1.29, 1.82) is 0 Å². The van der Waals surface area contributed by atoms with Gasteiger partial charge in [-0.1, -0.05) is 35.9 Å². The maximum Gasteiger partial charge on any atom is 0.111 e. The van der Waals surface area contributed by atoms with E-state index < -0.39 is 0 Å². The van der Waals surface area contributed by atoms with Gasteiger partial charge in [-0.3, -0.25) is 0 Å². The van der Waals surface area contributed by atoms with Crippen LogP contribution in [0.3, 0.4) is 0 Å². The van der Waals surface area contributed by atoms with Crippen LogP contribution in [0.1, 0.15) is 10.7 Å². The number of benzene rings is 1. The first-order chi connectivity index (χ1) is 8.83. The van der Waals surface area contributed by atoms with E-state index in [2.05, 4.69) is 27.5 Å². The van der Waals surface area contributed by atoms with Crippen LogP contribution in [0, 0.1) is 0 Å². The Morgan fingerprint density at radius 2 is 2.06 bits per heavy atom. The molecule has 0 fully saturated rings. The second-order valence-electron chi connectivity index (χ2n) is 3.98. The Hall–Kier alpha value is -1.58. The molecule has 2 nitrogen and oxygen atoms in total. The first kappa shape index (κ1) is 11.5. The minimum absolute atomic E-state index is 0.740. The molecule has 2 aromatic heterocycles. The summed E-state index contributed by atoms with van der Waals surface area (Å²) in [7, 11) is 0. The number of imidazole rings is 1. The molecule has 3 aromatic rings. The Morgan fingerprint density at radius 1 is 1.17 bits per heavy atom. The molecule has 90 valence electrons. The van der Waals surface area contributed by atoms with Gasteiger partial charge < -0.3 is 4.98 Å². The summed E-state index contributed by atoms with van der Waals surface area (Å²) in [5.41, 5.74) is 1.95. The molecule has 0 saturated carbocycles. The van der Waals surface area contributed by atoms with Crippen molar-refractivity contribution in [3.8, 4) is 11.3 Å². The van der Waals surface area contributed by atoms with Crippen LogP contribution >= 0.6 is 22.9 Å². The summed E-state index contributed by atoms with van der Waals surface area (Å²) in [5, 5.41) is 2.82. The molecule has 1 aromatic carbocycles. The molecular formula is C14H11ClN2S. The van der Waals surface area contributed by atoms with Crippen LogP contribution in [0.2, 0.25) is 5.02 Å². The molecule has 0 atom stereocenters. The summed E-state index contributed by atoms with van der Waals surface area (Å²) in [5.74, 6) is 0.965. The molecule has 2 heterocycles. The lowest BCUT2D eigenvalue weighted by molar-refractivity contribution is 1.05. The van der Waals surface area contributed by atoms with Gasteiger partial charge in [-0.05, 0) is 17.5 Å². The zero-order chi connectivity index (χ0) is 12.4. The van der Waals surface area contributed by atoms with Crippen molar-refractivity contribution in [3.05, 3.63) is 63.7 Å². The van der Waals surface area contributed by atoms with E-state index in [0.717, 1.165) is 28.5 Å². The van der Waals surface area contributed by atoms with Crippen molar-refractivity contribution in [2.24, 2.45) is 0 Å². The number of halogens is 1. The SMILES string of the molecule is Clc1ccccc1-c1cnc(Cc2cccs2)[nH]1. The van der Waals surface area contributed by atoms with Gasteiger partial charge in [0.15, 0.2) is 0 Å². The topological polar surface area (TPSA) is 28.7 Å². The van der Waals surface area contributed by atoms with Crippen molar-refractivity contribution in [1.82, 2.24) is 9.97 Å². The van der Waals surface area contributed by atoms with E-state index in [1.165, 1.54) is 4.88 Å². The van der Waals surface area contributed by atoms with E-state index in [-0.39, 0.29) is 0 Å². The van der Waals surface area contributed by atoms with Gasteiger partial charge in [-0.25, -0.2) is 4.98 Å². The third-order valence-corrected chi connectivity index (χ3v) is 3.92.